The first kappa shape index (κ1) is 12.6. The van der Waals surface area contributed by atoms with Crippen molar-refractivity contribution in [3.63, 3.8) is 0 Å². The Bertz CT molecular complexity index is 618. The number of rotatable bonds is 3. The molecule has 0 spiro atoms. The molecule has 1 aliphatic rings. The van der Waals surface area contributed by atoms with Crippen molar-refractivity contribution in [3.05, 3.63) is 47.8 Å². The zero-order chi connectivity index (χ0) is 13.6. The summed E-state index contributed by atoms with van der Waals surface area (Å²) in [7, 11) is 2.00. The minimum atomic E-state index is -0.135. The molecule has 2 aromatic carbocycles. The first-order valence-corrected chi connectivity index (χ1v) is 6.89. The predicted octanol–water partition coefficient (Wildman–Crippen LogP) is 4.29. The van der Waals surface area contributed by atoms with E-state index in [1.807, 2.05) is 37.4 Å². The fourth-order valence-corrected chi connectivity index (χ4v) is 3.21. The van der Waals surface area contributed by atoms with Gasteiger partial charge in [-0.15, -0.1) is 0 Å². The van der Waals surface area contributed by atoms with Crippen LogP contribution < -0.4 is 5.32 Å². The lowest BCUT2D eigenvalue weighted by Gasteiger charge is -2.20. The summed E-state index contributed by atoms with van der Waals surface area (Å²) in [6.07, 6.45) is 1.23. The van der Waals surface area contributed by atoms with Crippen LogP contribution in [0.3, 0.4) is 0 Å². The van der Waals surface area contributed by atoms with Crippen molar-refractivity contribution in [1.29, 1.82) is 0 Å². The van der Waals surface area contributed by atoms with Crippen molar-refractivity contribution in [2.45, 2.75) is 26.3 Å². The van der Waals surface area contributed by atoms with Crippen molar-refractivity contribution in [2.24, 2.45) is 11.3 Å². The van der Waals surface area contributed by atoms with E-state index in [1.165, 1.54) is 12.0 Å². The normalized spacial score (nSPS) is 22.4. The molecule has 19 heavy (non-hydrogen) atoms. The van der Waals surface area contributed by atoms with Gasteiger partial charge in [0.25, 0.3) is 0 Å². The quantitative estimate of drug-likeness (QED) is 0.865. The lowest BCUT2D eigenvalue weighted by molar-refractivity contribution is 0.443. The molecule has 1 nitrogen and oxygen atoms in total. The van der Waals surface area contributed by atoms with Gasteiger partial charge in [-0.25, -0.2) is 4.39 Å². The standard InChI is InChI=1S/C17H20FN/c1-17(2)10-14(17)16(19-3)13-8-9-15(18)12-7-5-4-6-11(12)13/h4-9,14,16,19H,10H2,1-3H3. The molecule has 3 rings (SSSR count). The minimum Gasteiger partial charge on any atom is -0.313 e. The molecule has 1 fully saturated rings. The molecule has 1 N–H and O–H groups in total. The van der Waals surface area contributed by atoms with Crippen LogP contribution in [0.5, 0.6) is 0 Å². The zero-order valence-electron chi connectivity index (χ0n) is 11.7. The van der Waals surface area contributed by atoms with Gasteiger partial charge in [0, 0.05) is 11.4 Å². The fourth-order valence-electron chi connectivity index (χ4n) is 3.21. The van der Waals surface area contributed by atoms with E-state index in [0.717, 1.165) is 10.8 Å². The Hall–Kier alpha value is -1.41. The largest absolute Gasteiger partial charge is 0.313 e. The summed E-state index contributed by atoms with van der Waals surface area (Å²) in [6.45, 7) is 4.60. The maximum Gasteiger partial charge on any atom is 0.131 e. The van der Waals surface area contributed by atoms with Gasteiger partial charge in [0.1, 0.15) is 5.82 Å². The maximum atomic E-state index is 13.9. The molecule has 1 aliphatic carbocycles. The van der Waals surface area contributed by atoms with Crippen molar-refractivity contribution in [2.75, 3.05) is 7.05 Å². The molecule has 0 heterocycles. The summed E-state index contributed by atoms with van der Waals surface area (Å²) >= 11 is 0. The highest BCUT2D eigenvalue weighted by Crippen LogP contribution is 2.58. The van der Waals surface area contributed by atoms with Crippen LogP contribution in [0, 0.1) is 17.2 Å². The highest BCUT2D eigenvalue weighted by molar-refractivity contribution is 5.86. The summed E-state index contributed by atoms with van der Waals surface area (Å²) in [5.41, 5.74) is 1.61. The van der Waals surface area contributed by atoms with Crippen LogP contribution in [-0.2, 0) is 0 Å². The summed E-state index contributed by atoms with van der Waals surface area (Å²) < 4.78 is 13.9. The number of nitrogens with one attached hydrogen (secondary N) is 1. The molecule has 0 amide bonds. The fraction of sp³-hybridized carbons (Fsp3) is 0.412. The third-order valence-electron chi connectivity index (χ3n) is 4.54. The van der Waals surface area contributed by atoms with E-state index in [9.17, 15) is 4.39 Å². The Kier molecular flexibility index (Phi) is 2.86. The van der Waals surface area contributed by atoms with Gasteiger partial charge in [-0.1, -0.05) is 44.2 Å². The van der Waals surface area contributed by atoms with Gasteiger partial charge in [0.05, 0.1) is 0 Å². The number of hydrogen-bond acceptors (Lipinski definition) is 1. The van der Waals surface area contributed by atoms with Crippen LogP contribution in [0.15, 0.2) is 36.4 Å². The molecule has 2 aromatic rings. The van der Waals surface area contributed by atoms with Gasteiger partial charge in [0.2, 0.25) is 0 Å². The molecule has 2 unspecified atom stereocenters. The van der Waals surface area contributed by atoms with Crippen LogP contribution in [0.25, 0.3) is 10.8 Å². The van der Waals surface area contributed by atoms with Crippen LogP contribution >= 0.6 is 0 Å². The Morgan fingerprint density at radius 1 is 1.16 bits per heavy atom. The molecule has 0 saturated heterocycles. The Morgan fingerprint density at radius 3 is 2.37 bits per heavy atom. The first-order valence-electron chi connectivity index (χ1n) is 6.89. The van der Waals surface area contributed by atoms with Gasteiger partial charge >= 0.3 is 0 Å². The average molecular weight is 257 g/mol. The van der Waals surface area contributed by atoms with Gasteiger partial charge < -0.3 is 5.32 Å². The van der Waals surface area contributed by atoms with E-state index < -0.39 is 0 Å². The van der Waals surface area contributed by atoms with E-state index >= 15 is 0 Å². The third-order valence-corrected chi connectivity index (χ3v) is 4.54. The number of halogens is 1. The van der Waals surface area contributed by atoms with Gasteiger partial charge in [-0.3, -0.25) is 0 Å². The summed E-state index contributed by atoms with van der Waals surface area (Å²) in [5.74, 6) is 0.496. The molecular weight excluding hydrogens is 237 g/mol. The molecule has 2 heteroatoms. The molecule has 0 bridgehead atoms. The van der Waals surface area contributed by atoms with Crippen LogP contribution in [0.2, 0.25) is 0 Å². The van der Waals surface area contributed by atoms with E-state index in [4.69, 9.17) is 0 Å². The zero-order valence-corrected chi connectivity index (χ0v) is 11.7. The molecule has 2 atom stereocenters. The van der Waals surface area contributed by atoms with E-state index in [-0.39, 0.29) is 5.82 Å². The van der Waals surface area contributed by atoms with Gasteiger partial charge in [0.15, 0.2) is 0 Å². The molecule has 0 aromatic heterocycles. The molecule has 0 aliphatic heterocycles. The summed E-state index contributed by atoms with van der Waals surface area (Å²) in [5, 5.41) is 5.18. The summed E-state index contributed by atoms with van der Waals surface area (Å²) in [6, 6.07) is 11.6. The van der Waals surface area contributed by atoms with E-state index in [1.54, 1.807) is 6.07 Å². The highest BCUT2D eigenvalue weighted by atomic mass is 19.1. The predicted molar refractivity (Wildman–Crippen MR) is 77.6 cm³/mol. The van der Waals surface area contributed by atoms with E-state index in [2.05, 4.69) is 19.2 Å². The van der Waals surface area contributed by atoms with Gasteiger partial charge in [-0.2, -0.15) is 0 Å². The second kappa shape index (κ2) is 4.31. The number of fused-ring (bicyclic) bond motifs is 1. The van der Waals surface area contributed by atoms with Crippen molar-refractivity contribution >= 4 is 10.8 Å². The van der Waals surface area contributed by atoms with Crippen LogP contribution in [0.4, 0.5) is 4.39 Å². The Labute approximate surface area is 113 Å². The number of hydrogen-bond donors (Lipinski definition) is 1. The third kappa shape index (κ3) is 2.04. The molecule has 1 saturated carbocycles. The molecule has 0 radical (unpaired) electrons. The van der Waals surface area contributed by atoms with Crippen molar-refractivity contribution in [3.8, 4) is 0 Å². The van der Waals surface area contributed by atoms with Crippen LogP contribution in [-0.4, -0.2) is 7.05 Å². The highest BCUT2D eigenvalue weighted by Gasteiger charge is 2.50. The topological polar surface area (TPSA) is 12.0 Å². The van der Waals surface area contributed by atoms with Gasteiger partial charge in [-0.05, 0) is 41.8 Å². The SMILES string of the molecule is CNC(c1ccc(F)c2ccccc12)C1CC1(C)C. The lowest BCUT2D eigenvalue weighted by Crippen LogP contribution is -2.21. The van der Waals surface area contributed by atoms with Crippen LogP contribution in [0.1, 0.15) is 31.9 Å². The Morgan fingerprint density at radius 2 is 1.79 bits per heavy atom. The second-order valence-electron chi connectivity index (χ2n) is 6.25. The first-order chi connectivity index (χ1) is 9.04. The van der Waals surface area contributed by atoms with Crippen molar-refractivity contribution < 1.29 is 4.39 Å². The maximum absolute atomic E-state index is 13.9. The Balaban J connectivity index is 2.12. The molecular formula is C17H20FN. The monoisotopic (exact) mass is 257 g/mol. The average Bonchev–Trinajstić information content (AvgIpc) is 3.02. The molecule has 100 valence electrons. The van der Waals surface area contributed by atoms with E-state index in [0.29, 0.717) is 17.4 Å². The smallest absolute Gasteiger partial charge is 0.131 e. The summed E-state index contributed by atoms with van der Waals surface area (Å²) in [4.78, 5) is 0. The number of benzene rings is 2. The second-order valence-corrected chi connectivity index (χ2v) is 6.25. The lowest BCUT2D eigenvalue weighted by atomic mass is 9.92. The van der Waals surface area contributed by atoms with Crippen molar-refractivity contribution in [1.82, 2.24) is 5.32 Å². The minimum absolute atomic E-state index is 0.135.